The lowest BCUT2D eigenvalue weighted by Crippen LogP contribution is -2.03. The third-order valence-electron chi connectivity index (χ3n) is 1.45. The zero-order valence-electron chi connectivity index (χ0n) is 6.47. The Morgan fingerprint density at radius 3 is 2.64 bits per heavy atom. The molecule has 0 aromatic carbocycles. The highest BCUT2D eigenvalue weighted by Gasteiger charge is 2.21. The number of carboxylic acids is 1. The molecule has 0 aliphatic carbocycles. The fraction of sp³-hybridized carbons (Fsp3) is 0.143. The molecule has 0 radical (unpaired) electrons. The number of carbonyl (C=O) groups is 1. The molecule has 1 aromatic heterocycles. The van der Waals surface area contributed by atoms with Gasteiger partial charge in [-0.3, -0.25) is 0 Å². The summed E-state index contributed by atoms with van der Waals surface area (Å²) in [6, 6.07) is 0. The van der Waals surface area contributed by atoms with Gasteiger partial charge in [-0.05, 0) is 15.9 Å². The molecule has 76 valence electrons. The van der Waals surface area contributed by atoms with E-state index in [0.717, 1.165) is 6.20 Å². The van der Waals surface area contributed by atoms with E-state index < -0.39 is 23.5 Å². The van der Waals surface area contributed by atoms with Gasteiger partial charge in [0.15, 0.2) is 0 Å². The average molecular weight is 286 g/mol. The lowest BCUT2D eigenvalue weighted by Gasteiger charge is -2.06. The minimum atomic E-state index is -2.80. The van der Waals surface area contributed by atoms with E-state index in [0.29, 0.717) is 0 Å². The van der Waals surface area contributed by atoms with Crippen molar-refractivity contribution in [2.75, 3.05) is 0 Å². The Morgan fingerprint density at radius 1 is 1.64 bits per heavy atom. The molecule has 1 aromatic rings. The molecule has 0 unspecified atom stereocenters. The number of rotatable bonds is 2. The van der Waals surface area contributed by atoms with E-state index in [4.69, 9.17) is 16.7 Å². The molecule has 7 heteroatoms. The van der Waals surface area contributed by atoms with Crippen LogP contribution in [0, 0.1) is 0 Å². The number of hydrogen-bond acceptors (Lipinski definition) is 2. The second-order valence-corrected chi connectivity index (χ2v) is 3.45. The number of alkyl halides is 2. The molecular formula is C7H3BrClF2NO2. The van der Waals surface area contributed by atoms with Gasteiger partial charge in [0.1, 0.15) is 10.7 Å². The maximum atomic E-state index is 12.3. The van der Waals surface area contributed by atoms with Crippen LogP contribution < -0.4 is 0 Å². The van der Waals surface area contributed by atoms with Gasteiger partial charge >= 0.3 is 5.97 Å². The quantitative estimate of drug-likeness (QED) is 0.850. The molecule has 1 heterocycles. The standard InChI is InChI=1S/C7H3BrClF2NO2/c8-4-2(6(10)11)1-12-5(9)3(4)7(13)14/h1,6H,(H,13,14). The summed E-state index contributed by atoms with van der Waals surface area (Å²) in [5.74, 6) is -1.41. The molecule has 0 atom stereocenters. The van der Waals surface area contributed by atoms with E-state index in [1.807, 2.05) is 0 Å². The van der Waals surface area contributed by atoms with E-state index in [9.17, 15) is 13.6 Å². The predicted octanol–water partition coefficient (Wildman–Crippen LogP) is 3.13. The molecule has 0 aliphatic heterocycles. The highest BCUT2D eigenvalue weighted by molar-refractivity contribution is 9.10. The van der Waals surface area contributed by atoms with Crippen molar-refractivity contribution in [3.63, 3.8) is 0 Å². The third-order valence-corrected chi connectivity index (χ3v) is 2.59. The zero-order chi connectivity index (χ0) is 10.9. The molecule has 0 aliphatic rings. The van der Waals surface area contributed by atoms with Crippen molar-refractivity contribution in [2.24, 2.45) is 0 Å². The normalized spacial score (nSPS) is 10.6. The largest absolute Gasteiger partial charge is 0.478 e. The van der Waals surface area contributed by atoms with Crippen molar-refractivity contribution in [2.45, 2.75) is 6.43 Å². The first kappa shape index (κ1) is 11.3. The lowest BCUT2D eigenvalue weighted by atomic mass is 10.2. The average Bonchev–Trinajstić information content (AvgIpc) is 2.02. The Bertz CT molecular complexity index is 386. The molecule has 0 saturated heterocycles. The number of pyridine rings is 1. The van der Waals surface area contributed by atoms with Gasteiger partial charge in [-0.2, -0.15) is 0 Å². The fourth-order valence-corrected chi connectivity index (χ4v) is 1.79. The summed E-state index contributed by atoms with van der Waals surface area (Å²) in [5, 5.41) is 8.33. The van der Waals surface area contributed by atoms with Crippen LogP contribution in [0.3, 0.4) is 0 Å². The summed E-state index contributed by atoms with van der Waals surface area (Å²) in [5.41, 5.74) is -0.948. The van der Waals surface area contributed by atoms with Crippen LogP contribution in [0.4, 0.5) is 8.78 Å². The van der Waals surface area contributed by atoms with E-state index in [1.165, 1.54) is 0 Å². The number of halogens is 4. The molecule has 0 bridgehead atoms. The molecule has 0 saturated carbocycles. The summed E-state index contributed by atoms with van der Waals surface area (Å²) < 4.78 is 24.4. The number of aromatic carboxylic acids is 1. The molecule has 0 amide bonds. The first-order valence-electron chi connectivity index (χ1n) is 3.30. The maximum absolute atomic E-state index is 12.3. The maximum Gasteiger partial charge on any atom is 0.340 e. The molecule has 1 rings (SSSR count). The van der Waals surface area contributed by atoms with Crippen LogP contribution in [0.5, 0.6) is 0 Å². The number of aromatic nitrogens is 1. The summed E-state index contributed by atoms with van der Waals surface area (Å²) in [6.07, 6.45) is -1.96. The SMILES string of the molecule is O=C(O)c1c(Cl)ncc(C(F)F)c1Br. The zero-order valence-corrected chi connectivity index (χ0v) is 8.81. The highest BCUT2D eigenvalue weighted by Crippen LogP contribution is 2.32. The van der Waals surface area contributed by atoms with E-state index in [2.05, 4.69) is 20.9 Å². The predicted molar refractivity (Wildman–Crippen MR) is 48.9 cm³/mol. The number of carboxylic acid groups (broad SMARTS) is 1. The van der Waals surface area contributed by atoms with Gasteiger partial charge in [0.2, 0.25) is 0 Å². The Morgan fingerprint density at radius 2 is 2.21 bits per heavy atom. The van der Waals surface area contributed by atoms with Crippen LogP contribution in [0.25, 0.3) is 0 Å². The Hall–Kier alpha value is -0.750. The Balaban J connectivity index is 3.41. The Labute approximate surface area is 90.8 Å². The van der Waals surface area contributed by atoms with Gasteiger partial charge in [0.05, 0.1) is 5.56 Å². The van der Waals surface area contributed by atoms with Crippen LogP contribution in [0.15, 0.2) is 10.7 Å². The van der Waals surface area contributed by atoms with Crippen LogP contribution in [0.2, 0.25) is 5.15 Å². The van der Waals surface area contributed by atoms with Crippen molar-refractivity contribution in [1.82, 2.24) is 4.98 Å². The minimum absolute atomic E-state index is 0.236. The monoisotopic (exact) mass is 285 g/mol. The minimum Gasteiger partial charge on any atom is -0.478 e. The highest BCUT2D eigenvalue weighted by atomic mass is 79.9. The smallest absolute Gasteiger partial charge is 0.340 e. The topological polar surface area (TPSA) is 50.2 Å². The molecule has 14 heavy (non-hydrogen) atoms. The molecular weight excluding hydrogens is 283 g/mol. The van der Waals surface area contributed by atoms with Crippen molar-refractivity contribution < 1.29 is 18.7 Å². The van der Waals surface area contributed by atoms with Crippen LogP contribution >= 0.6 is 27.5 Å². The Kier molecular flexibility index (Phi) is 3.38. The lowest BCUT2D eigenvalue weighted by molar-refractivity contribution is 0.0695. The van der Waals surface area contributed by atoms with Crippen LogP contribution in [0.1, 0.15) is 22.3 Å². The number of hydrogen-bond donors (Lipinski definition) is 1. The fourth-order valence-electron chi connectivity index (χ4n) is 0.817. The number of nitrogens with zero attached hydrogens (tertiary/aromatic N) is 1. The van der Waals surface area contributed by atoms with E-state index in [1.54, 1.807) is 0 Å². The van der Waals surface area contributed by atoms with E-state index in [-0.39, 0.29) is 9.63 Å². The second kappa shape index (κ2) is 4.18. The van der Waals surface area contributed by atoms with Gasteiger partial charge in [-0.15, -0.1) is 0 Å². The molecule has 1 N–H and O–H groups in total. The summed E-state index contributed by atoms with van der Waals surface area (Å²) in [6.45, 7) is 0. The van der Waals surface area contributed by atoms with Crippen molar-refractivity contribution in [3.05, 3.63) is 26.9 Å². The van der Waals surface area contributed by atoms with Crippen molar-refractivity contribution in [3.8, 4) is 0 Å². The summed E-state index contributed by atoms with van der Waals surface area (Å²) in [7, 11) is 0. The van der Waals surface area contributed by atoms with Crippen molar-refractivity contribution in [1.29, 1.82) is 0 Å². The molecule has 0 fully saturated rings. The first-order valence-corrected chi connectivity index (χ1v) is 4.47. The van der Waals surface area contributed by atoms with Crippen molar-refractivity contribution >= 4 is 33.5 Å². The van der Waals surface area contributed by atoms with Crippen LogP contribution in [-0.2, 0) is 0 Å². The van der Waals surface area contributed by atoms with Gasteiger partial charge in [-0.1, -0.05) is 11.6 Å². The van der Waals surface area contributed by atoms with Gasteiger partial charge in [-0.25, -0.2) is 18.6 Å². The van der Waals surface area contributed by atoms with E-state index >= 15 is 0 Å². The molecule has 0 spiro atoms. The summed E-state index contributed by atoms with van der Waals surface area (Å²) >= 11 is 8.18. The second-order valence-electron chi connectivity index (χ2n) is 2.30. The first-order chi connectivity index (χ1) is 6.45. The van der Waals surface area contributed by atoms with Gasteiger partial charge in [0, 0.05) is 10.7 Å². The van der Waals surface area contributed by atoms with Gasteiger partial charge in [0.25, 0.3) is 6.43 Å². The molecule has 3 nitrogen and oxygen atoms in total. The summed E-state index contributed by atoms with van der Waals surface area (Å²) in [4.78, 5) is 14.0. The van der Waals surface area contributed by atoms with Crippen LogP contribution in [-0.4, -0.2) is 16.1 Å². The third kappa shape index (κ3) is 2.01. The van der Waals surface area contributed by atoms with Gasteiger partial charge < -0.3 is 5.11 Å².